The number of nitrogens with zero attached hydrogens (tertiary/aromatic N) is 2. The van der Waals surface area contributed by atoms with Gasteiger partial charge < -0.3 is 4.57 Å². The van der Waals surface area contributed by atoms with Crippen LogP contribution in [0, 0.1) is 0 Å². The van der Waals surface area contributed by atoms with Gasteiger partial charge in [0.1, 0.15) is 5.82 Å². The van der Waals surface area contributed by atoms with Gasteiger partial charge >= 0.3 is 0 Å². The van der Waals surface area contributed by atoms with Gasteiger partial charge in [-0.05, 0) is 18.2 Å². The van der Waals surface area contributed by atoms with Crippen molar-refractivity contribution in [3.05, 3.63) is 29.0 Å². The quantitative estimate of drug-likeness (QED) is 0.780. The maximum absolute atomic E-state index is 12.5. The van der Waals surface area contributed by atoms with Crippen molar-refractivity contribution >= 4 is 34.2 Å². The van der Waals surface area contributed by atoms with E-state index in [2.05, 4.69) is 4.98 Å². The zero-order chi connectivity index (χ0) is 12.4. The summed E-state index contributed by atoms with van der Waals surface area (Å²) in [4.78, 5) is 4.28. The van der Waals surface area contributed by atoms with Crippen LogP contribution in [0.3, 0.4) is 0 Å². The predicted octanol–water partition coefficient (Wildman–Crippen LogP) is 3.74. The molecule has 0 aliphatic rings. The van der Waals surface area contributed by atoms with Crippen LogP contribution < -0.4 is 0 Å². The molecule has 92 valence electrons. The number of imidazole rings is 1. The third-order valence-corrected chi connectivity index (χ3v) is 2.85. The monoisotopic (exact) mass is 278 g/mol. The molecular formula is C11H10Cl2F2N2. The van der Waals surface area contributed by atoms with E-state index in [1.807, 2.05) is 0 Å². The molecule has 0 aliphatic carbocycles. The fraction of sp³-hybridized carbons (Fsp3) is 0.364. The van der Waals surface area contributed by atoms with Crippen molar-refractivity contribution in [2.24, 2.45) is 0 Å². The smallest absolute Gasteiger partial charge is 0.256 e. The van der Waals surface area contributed by atoms with Crippen molar-refractivity contribution in [3.8, 4) is 0 Å². The van der Waals surface area contributed by atoms with Gasteiger partial charge in [-0.1, -0.05) is 11.6 Å². The summed E-state index contributed by atoms with van der Waals surface area (Å²) < 4.78 is 26.5. The second-order valence-corrected chi connectivity index (χ2v) is 4.42. The van der Waals surface area contributed by atoms with E-state index in [-0.39, 0.29) is 6.54 Å². The van der Waals surface area contributed by atoms with Gasteiger partial charge in [0, 0.05) is 17.3 Å². The Balaban J connectivity index is 2.55. The van der Waals surface area contributed by atoms with Crippen LogP contribution in [0.4, 0.5) is 8.78 Å². The number of halogens is 4. The minimum Gasteiger partial charge on any atom is -0.322 e. The summed E-state index contributed by atoms with van der Waals surface area (Å²) in [5.41, 5.74) is 1.29. The summed E-state index contributed by atoms with van der Waals surface area (Å²) in [5.74, 6) is 0.915. The lowest BCUT2D eigenvalue weighted by Crippen LogP contribution is -2.10. The molecule has 0 aliphatic heterocycles. The first-order valence-electron chi connectivity index (χ1n) is 5.10. The largest absolute Gasteiger partial charge is 0.322 e. The highest BCUT2D eigenvalue weighted by Crippen LogP contribution is 2.22. The van der Waals surface area contributed by atoms with Gasteiger partial charge in [-0.15, -0.1) is 11.6 Å². The molecule has 17 heavy (non-hydrogen) atoms. The van der Waals surface area contributed by atoms with E-state index in [0.717, 1.165) is 0 Å². The molecule has 0 saturated carbocycles. The zero-order valence-electron chi connectivity index (χ0n) is 8.84. The lowest BCUT2D eigenvalue weighted by molar-refractivity contribution is 0.127. The number of rotatable bonds is 4. The summed E-state index contributed by atoms with van der Waals surface area (Å²) in [6.07, 6.45) is -1.97. The van der Waals surface area contributed by atoms with E-state index >= 15 is 0 Å². The average molecular weight is 279 g/mol. The van der Waals surface area contributed by atoms with Gasteiger partial charge in [0.25, 0.3) is 6.43 Å². The molecule has 0 amide bonds. The van der Waals surface area contributed by atoms with Gasteiger partial charge in [-0.3, -0.25) is 0 Å². The Bertz CT molecular complexity index is 525. The van der Waals surface area contributed by atoms with Crippen molar-refractivity contribution in [3.63, 3.8) is 0 Å². The molecule has 0 atom stereocenters. The second kappa shape index (κ2) is 5.19. The number of aromatic nitrogens is 2. The normalized spacial score (nSPS) is 11.6. The molecule has 0 spiro atoms. The van der Waals surface area contributed by atoms with Crippen LogP contribution in [-0.4, -0.2) is 21.9 Å². The number of hydrogen-bond acceptors (Lipinski definition) is 1. The number of benzene rings is 1. The molecule has 2 nitrogen and oxygen atoms in total. The summed E-state index contributed by atoms with van der Waals surface area (Å²) in [7, 11) is 0. The van der Waals surface area contributed by atoms with Crippen molar-refractivity contribution in [2.75, 3.05) is 5.88 Å². The molecule has 2 aromatic rings. The van der Waals surface area contributed by atoms with Crippen molar-refractivity contribution in [1.29, 1.82) is 0 Å². The third kappa shape index (κ3) is 2.69. The van der Waals surface area contributed by atoms with E-state index in [9.17, 15) is 8.78 Å². The molecule has 0 bridgehead atoms. The summed E-state index contributed by atoms with van der Waals surface area (Å²) in [6, 6.07) is 5.05. The fourth-order valence-electron chi connectivity index (χ4n) is 1.76. The van der Waals surface area contributed by atoms with E-state index in [0.29, 0.717) is 34.2 Å². The van der Waals surface area contributed by atoms with Crippen LogP contribution in [0.5, 0.6) is 0 Å². The number of aryl methyl sites for hydroxylation is 1. The Kier molecular flexibility index (Phi) is 3.84. The SMILES string of the molecule is FC(F)Cn1c(CCCl)nc2ccc(Cl)cc21. The number of hydrogen-bond donors (Lipinski definition) is 0. The second-order valence-electron chi connectivity index (χ2n) is 3.60. The Hall–Kier alpha value is -0.870. The van der Waals surface area contributed by atoms with E-state index < -0.39 is 6.43 Å². The molecular weight excluding hydrogens is 269 g/mol. The predicted molar refractivity (Wildman–Crippen MR) is 65.2 cm³/mol. The Morgan fingerprint density at radius 3 is 2.76 bits per heavy atom. The van der Waals surface area contributed by atoms with Crippen LogP contribution in [0.25, 0.3) is 11.0 Å². The van der Waals surface area contributed by atoms with E-state index in [4.69, 9.17) is 23.2 Å². The fourth-order valence-corrected chi connectivity index (χ4v) is 2.10. The summed E-state index contributed by atoms with van der Waals surface area (Å²) in [6.45, 7) is -0.386. The van der Waals surface area contributed by atoms with E-state index in [1.165, 1.54) is 4.57 Å². The molecule has 0 fully saturated rings. The third-order valence-electron chi connectivity index (χ3n) is 2.43. The number of alkyl halides is 3. The van der Waals surface area contributed by atoms with Crippen LogP contribution in [0.15, 0.2) is 18.2 Å². The van der Waals surface area contributed by atoms with Crippen LogP contribution in [0.1, 0.15) is 5.82 Å². The Morgan fingerprint density at radius 2 is 2.12 bits per heavy atom. The van der Waals surface area contributed by atoms with Gasteiger partial charge in [-0.2, -0.15) is 0 Å². The van der Waals surface area contributed by atoms with Gasteiger partial charge in [0.15, 0.2) is 0 Å². The van der Waals surface area contributed by atoms with Gasteiger partial charge in [-0.25, -0.2) is 13.8 Å². The van der Waals surface area contributed by atoms with Crippen molar-refractivity contribution < 1.29 is 8.78 Å². The molecule has 1 aromatic heterocycles. The maximum Gasteiger partial charge on any atom is 0.256 e. The van der Waals surface area contributed by atoms with Crippen LogP contribution >= 0.6 is 23.2 Å². The minimum atomic E-state index is -2.43. The highest BCUT2D eigenvalue weighted by Gasteiger charge is 2.14. The minimum absolute atomic E-state index is 0.348. The average Bonchev–Trinajstić information content (AvgIpc) is 2.57. The molecule has 6 heteroatoms. The molecule has 0 saturated heterocycles. The highest BCUT2D eigenvalue weighted by molar-refractivity contribution is 6.31. The Labute approximate surface area is 107 Å². The Morgan fingerprint density at radius 1 is 1.35 bits per heavy atom. The first-order valence-corrected chi connectivity index (χ1v) is 6.02. The first kappa shape index (κ1) is 12.6. The lowest BCUT2D eigenvalue weighted by atomic mass is 10.3. The van der Waals surface area contributed by atoms with Gasteiger partial charge in [0.2, 0.25) is 0 Å². The van der Waals surface area contributed by atoms with E-state index in [1.54, 1.807) is 18.2 Å². The molecule has 1 aromatic carbocycles. The van der Waals surface area contributed by atoms with Crippen molar-refractivity contribution in [2.45, 2.75) is 19.4 Å². The van der Waals surface area contributed by atoms with Gasteiger partial charge in [0.05, 0.1) is 17.6 Å². The number of fused-ring (bicyclic) bond motifs is 1. The lowest BCUT2D eigenvalue weighted by Gasteiger charge is -2.07. The zero-order valence-corrected chi connectivity index (χ0v) is 10.3. The first-order chi connectivity index (χ1) is 8.11. The topological polar surface area (TPSA) is 17.8 Å². The molecule has 0 N–H and O–H groups in total. The molecule has 2 rings (SSSR count). The van der Waals surface area contributed by atoms with Crippen LogP contribution in [-0.2, 0) is 13.0 Å². The highest BCUT2D eigenvalue weighted by atomic mass is 35.5. The standard InChI is InChI=1S/C11H10Cl2F2N2/c12-4-3-11-16-8-2-1-7(13)5-9(8)17(11)6-10(14)15/h1-2,5,10H,3-4,6H2. The van der Waals surface area contributed by atoms with Crippen molar-refractivity contribution in [1.82, 2.24) is 9.55 Å². The summed E-state index contributed by atoms with van der Waals surface area (Å²) in [5, 5.41) is 0.505. The maximum atomic E-state index is 12.5. The van der Waals surface area contributed by atoms with Crippen LogP contribution in [0.2, 0.25) is 5.02 Å². The molecule has 0 radical (unpaired) electrons. The summed E-state index contributed by atoms with van der Waals surface area (Å²) >= 11 is 11.5. The molecule has 0 unspecified atom stereocenters. The molecule has 1 heterocycles.